The molecule has 0 aromatic carbocycles. The average Bonchev–Trinajstić information content (AvgIpc) is 2.12. The molecule has 8 heavy (non-hydrogen) atoms. The molecular weight excluding hydrogens is 144 g/mol. The van der Waals surface area contributed by atoms with E-state index in [0.29, 0.717) is 5.76 Å². The van der Waals surface area contributed by atoms with E-state index in [1.165, 1.54) is 6.26 Å². The van der Waals surface area contributed by atoms with Gasteiger partial charge >= 0.3 is 0 Å². The van der Waals surface area contributed by atoms with Crippen molar-refractivity contribution < 1.29 is 4.42 Å². The van der Waals surface area contributed by atoms with Crippen molar-refractivity contribution >= 4 is 28.1 Å². The molecule has 3 heteroatoms. The number of thiocarbonyl (C=S) groups is 1. The first-order valence-electron chi connectivity index (χ1n) is 2.04. The van der Waals surface area contributed by atoms with Gasteiger partial charge < -0.3 is 4.42 Å². The second kappa shape index (κ2) is 2.29. The molecule has 1 heterocycles. The minimum absolute atomic E-state index is 0.273. The quantitative estimate of drug-likeness (QED) is 0.445. The zero-order chi connectivity index (χ0) is 5.98. The van der Waals surface area contributed by atoms with Crippen LogP contribution in [0.2, 0.25) is 0 Å². The van der Waals surface area contributed by atoms with Crippen LogP contribution in [0.25, 0.3) is 0 Å². The van der Waals surface area contributed by atoms with Crippen molar-refractivity contribution in [1.82, 2.24) is 0 Å². The molecule has 0 fully saturated rings. The number of rotatable bonds is 1. The summed E-state index contributed by atoms with van der Waals surface area (Å²) >= 11 is 9.97. The van der Waals surface area contributed by atoms with E-state index in [0.717, 1.165) is 0 Å². The summed E-state index contributed by atoms with van der Waals surface area (Å²) in [6, 6.07) is 3.46. The van der Waals surface area contributed by atoms with E-state index in [1.807, 2.05) is 0 Å². The van der Waals surface area contributed by atoms with Gasteiger partial charge in [0.25, 0.3) is 0 Å². The highest BCUT2D eigenvalue weighted by Gasteiger charge is 1.96. The zero-order valence-corrected chi connectivity index (χ0v) is 5.50. The minimum atomic E-state index is 0.273. The molecule has 0 aliphatic rings. The molecule has 42 valence electrons. The average molecular weight is 147 g/mol. The largest absolute Gasteiger partial charge is 0.463 e. The predicted molar refractivity (Wildman–Crippen MR) is 36.3 cm³/mol. The first kappa shape index (κ1) is 5.79. The highest BCUT2D eigenvalue weighted by Crippen LogP contribution is 2.04. The Kier molecular flexibility index (Phi) is 1.65. The fraction of sp³-hybridized carbons (Fsp3) is 0. The topological polar surface area (TPSA) is 13.1 Å². The molecule has 1 aromatic rings. The van der Waals surface area contributed by atoms with Gasteiger partial charge in [0, 0.05) is 0 Å². The van der Waals surface area contributed by atoms with Crippen molar-refractivity contribution in [3.63, 3.8) is 0 Å². The van der Waals surface area contributed by atoms with E-state index in [-0.39, 0.29) is 4.32 Å². The van der Waals surface area contributed by atoms with Gasteiger partial charge in [0.1, 0.15) is 4.32 Å². The van der Waals surface area contributed by atoms with Crippen LogP contribution in [0, 0.1) is 0 Å². The van der Waals surface area contributed by atoms with Crippen molar-refractivity contribution in [2.45, 2.75) is 0 Å². The van der Waals surface area contributed by atoms with Crippen LogP contribution in [0.5, 0.6) is 0 Å². The monoisotopic (exact) mass is 146 g/mol. The summed E-state index contributed by atoms with van der Waals surface area (Å²) in [5.74, 6) is 0.557. The van der Waals surface area contributed by atoms with Crippen molar-refractivity contribution in [2.24, 2.45) is 0 Å². The molecule has 0 N–H and O–H groups in total. The maximum absolute atomic E-state index is 5.38. The molecule has 0 saturated carbocycles. The van der Waals surface area contributed by atoms with Crippen LogP contribution in [-0.4, -0.2) is 4.32 Å². The normalized spacial score (nSPS) is 9.12. The lowest BCUT2D eigenvalue weighted by molar-refractivity contribution is 0.560. The maximum atomic E-state index is 5.38. The van der Waals surface area contributed by atoms with Crippen LogP contribution in [0.4, 0.5) is 0 Å². The summed E-state index contributed by atoms with van der Waals surface area (Å²) in [6.45, 7) is 0. The van der Waals surface area contributed by atoms with Gasteiger partial charge in [0.15, 0.2) is 5.76 Å². The van der Waals surface area contributed by atoms with Crippen molar-refractivity contribution in [3.8, 4) is 0 Å². The molecule has 0 saturated heterocycles. The molecule has 0 amide bonds. The summed E-state index contributed by atoms with van der Waals surface area (Å²) in [5, 5.41) is 0. The number of furan rings is 1. The van der Waals surface area contributed by atoms with Crippen LogP contribution < -0.4 is 0 Å². The highest BCUT2D eigenvalue weighted by atomic mass is 35.5. The van der Waals surface area contributed by atoms with Crippen molar-refractivity contribution in [3.05, 3.63) is 24.2 Å². The van der Waals surface area contributed by atoms with Gasteiger partial charge in [-0.1, -0.05) is 23.8 Å². The van der Waals surface area contributed by atoms with E-state index in [2.05, 4.69) is 12.2 Å². The predicted octanol–water partition coefficient (Wildman–Crippen LogP) is 2.19. The summed E-state index contributed by atoms with van der Waals surface area (Å²) in [7, 11) is 0. The van der Waals surface area contributed by atoms with E-state index < -0.39 is 0 Å². The van der Waals surface area contributed by atoms with Crippen LogP contribution in [-0.2, 0) is 0 Å². The van der Waals surface area contributed by atoms with E-state index in [4.69, 9.17) is 16.0 Å². The summed E-state index contributed by atoms with van der Waals surface area (Å²) in [5.41, 5.74) is 0. The highest BCUT2D eigenvalue weighted by molar-refractivity contribution is 7.83. The van der Waals surface area contributed by atoms with Gasteiger partial charge in [0.05, 0.1) is 6.26 Å². The Balaban J connectivity index is 2.93. The third-order valence-corrected chi connectivity index (χ3v) is 1.10. The molecule has 0 unspecified atom stereocenters. The number of halogens is 1. The third-order valence-electron chi connectivity index (χ3n) is 0.715. The fourth-order valence-electron chi connectivity index (χ4n) is 0.390. The van der Waals surface area contributed by atoms with Gasteiger partial charge in [-0.2, -0.15) is 0 Å². The Morgan fingerprint density at radius 2 is 2.50 bits per heavy atom. The molecule has 1 aromatic heterocycles. The molecule has 1 nitrogen and oxygen atoms in total. The molecular formula is C5H3ClOS. The Morgan fingerprint density at radius 1 is 1.75 bits per heavy atom. The lowest BCUT2D eigenvalue weighted by atomic mass is 10.5. The molecule has 0 aliphatic carbocycles. The van der Waals surface area contributed by atoms with Crippen LogP contribution in [0.15, 0.2) is 22.8 Å². The molecule has 0 atom stereocenters. The maximum Gasteiger partial charge on any atom is 0.156 e. The Morgan fingerprint density at radius 3 is 2.75 bits per heavy atom. The van der Waals surface area contributed by atoms with Gasteiger partial charge in [-0.3, -0.25) is 0 Å². The molecule has 1 rings (SSSR count). The minimum Gasteiger partial charge on any atom is -0.463 e. The third kappa shape index (κ3) is 1.08. The molecule has 0 aliphatic heterocycles. The first-order valence-corrected chi connectivity index (χ1v) is 2.82. The Bertz CT molecular complexity index is 180. The Labute approximate surface area is 57.3 Å². The first-order chi connectivity index (χ1) is 3.80. The van der Waals surface area contributed by atoms with Crippen molar-refractivity contribution in [2.75, 3.05) is 0 Å². The number of hydrogen-bond acceptors (Lipinski definition) is 2. The van der Waals surface area contributed by atoms with E-state index >= 15 is 0 Å². The van der Waals surface area contributed by atoms with Gasteiger partial charge in [-0.25, -0.2) is 0 Å². The fourth-order valence-corrected chi connectivity index (χ4v) is 0.614. The molecule has 0 bridgehead atoms. The summed E-state index contributed by atoms with van der Waals surface area (Å²) < 4.78 is 5.09. The summed E-state index contributed by atoms with van der Waals surface area (Å²) in [6.07, 6.45) is 1.53. The smallest absolute Gasteiger partial charge is 0.156 e. The number of hydrogen-bond donors (Lipinski definition) is 0. The van der Waals surface area contributed by atoms with Gasteiger partial charge in [-0.05, 0) is 12.1 Å². The van der Waals surface area contributed by atoms with Gasteiger partial charge in [-0.15, -0.1) is 0 Å². The van der Waals surface area contributed by atoms with Gasteiger partial charge in [0.2, 0.25) is 0 Å². The van der Waals surface area contributed by atoms with Crippen molar-refractivity contribution in [1.29, 1.82) is 0 Å². The van der Waals surface area contributed by atoms with Crippen LogP contribution in [0.3, 0.4) is 0 Å². The summed E-state index contributed by atoms with van der Waals surface area (Å²) in [4.78, 5) is 0. The molecule has 0 spiro atoms. The zero-order valence-electron chi connectivity index (χ0n) is 3.93. The standard InChI is InChI=1S/C5H3ClOS/c6-5(8)4-2-1-3-7-4/h1-3H. The second-order valence-corrected chi connectivity index (χ2v) is 2.26. The van der Waals surface area contributed by atoms with Crippen LogP contribution in [0.1, 0.15) is 5.76 Å². The Hall–Kier alpha value is -0.340. The molecule has 0 radical (unpaired) electrons. The van der Waals surface area contributed by atoms with E-state index in [9.17, 15) is 0 Å². The lowest BCUT2D eigenvalue weighted by Crippen LogP contribution is -1.78. The second-order valence-electron chi connectivity index (χ2n) is 1.25. The lowest BCUT2D eigenvalue weighted by Gasteiger charge is -1.81. The van der Waals surface area contributed by atoms with E-state index in [1.54, 1.807) is 12.1 Å². The van der Waals surface area contributed by atoms with Crippen LogP contribution >= 0.6 is 23.8 Å². The SMILES string of the molecule is S=C(Cl)c1ccco1.